The van der Waals surface area contributed by atoms with Crippen molar-refractivity contribution in [3.8, 4) is 5.75 Å². The van der Waals surface area contributed by atoms with E-state index in [-0.39, 0.29) is 13.2 Å². The maximum Gasteiger partial charge on any atom is 0.147 e. The van der Waals surface area contributed by atoms with Crippen LogP contribution in [0.3, 0.4) is 0 Å². The molecule has 0 saturated carbocycles. The first-order chi connectivity index (χ1) is 9.02. The summed E-state index contributed by atoms with van der Waals surface area (Å²) < 4.78 is 7.30. The molecule has 2 rings (SSSR count). The second-order valence-corrected chi connectivity index (χ2v) is 5.11. The molecule has 0 saturated heterocycles. The monoisotopic (exact) mass is 320 g/mol. The van der Waals surface area contributed by atoms with Crippen LogP contribution in [-0.4, -0.2) is 14.7 Å². The van der Waals surface area contributed by atoms with Crippen LogP contribution in [0.25, 0.3) is 0 Å². The van der Waals surface area contributed by atoms with Crippen molar-refractivity contribution in [3.05, 3.63) is 44.9 Å². The van der Waals surface area contributed by atoms with Gasteiger partial charge in [-0.25, -0.2) is 4.98 Å². The smallest absolute Gasteiger partial charge is 0.147 e. The molecule has 0 aliphatic carbocycles. The minimum absolute atomic E-state index is 0.192. The molecule has 0 aliphatic heterocycles. The maximum atomic E-state index is 9.28. The normalized spacial score (nSPS) is 10.8. The van der Waals surface area contributed by atoms with E-state index in [9.17, 15) is 5.11 Å². The van der Waals surface area contributed by atoms with Crippen molar-refractivity contribution < 1.29 is 9.84 Å². The van der Waals surface area contributed by atoms with Gasteiger partial charge in [-0.2, -0.15) is 0 Å². The fraction of sp³-hybridized carbons (Fsp3) is 0.250. The number of halogens is 3. The SMILES string of the molecule is Cn1c(Cl)cnc1COc1c(Cl)cc(Cl)cc1CO. The molecule has 4 nitrogen and oxygen atoms in total. The topological polar surface area (TPSA) is 47.3 Å². The lowest BCUT2D eigenvalue weighted by molar-refractivity contribution is 0.254. The largest absolute Gasteiger partial charge is 0.484 e. The Morgan fingerprint density at radius 2 is 2.05 bits per heavy atom. The number of aliphatic hydroxyl groups is 1. The van der Waals surface area contributed by atoms with Gasteiger partial charge in [-0.1, -0.05) is 34.8 Å². The van der Waals surface area contributed by atoms with Gasteiger partial charge in [0.05, 0.1) is 17.8 Å². The van der Waals surface area contributed by atoms with Crippen LogP contribution in [0.4, 0.5) is 0 Å². The summed E-state index contributed by atoms with van der Waals surface area (Å²) in [5, 5.41) is 10.6. The average Bonchev–Trinajstić information content (AvgIpc) is 2.68. The summed E-state index contributed by atoms with van der Waals surface area (Å²) in [5.41, 5.74) is 0.526. The van der Waals surface area contributed by atoms with Crippen molar-refractivity contribution in [3.63, 3.8) is 0 Å². The minimum Gasteiger partial charge on any atom is -0.484 e. The van der Waals surface area contributed by atoms with Crippen LogP contribution in [0.15, 0.2) is 18.3 Å². The highest BCUT2D eigenvalue weighted by atomic mass is 35.5. The first-order valence-electron chi connectivity index (χ1n) is 5.40. The molecule has 102 valence electrons. The molecule has 1 N–H and O–H groups in total. The number of aliphatic hydroxyl groups excluding tert-OH is 1. The quantitative estimate of drug-likeness (QED) is 0.938. The van der Waals surface area contributed by atoms with Crippen molar-refractivity contribution in [2.45, 2.75) is 13.2 Å². The highest BCUT2D eigenvalue weighted by molar-refractivity contribution is 6.35. The molecule has 1 aromatic heterocycles. The van der Waals surface area contributed by atoms with E-state index in [4.69, 9.17) is 39.5 Å². The molecule has 2 aromatic rings. The summed E-state index contributed by atoms with van der Waals surface area (Å²) in [6.45, 7) is -0.0193. The Bertz CT molecular complexity index is 599. The number of ether oxygens (including phenoxy) is 1. The van der Waals surface area contributed by atoms with Gasteiger partial charge in [0.15, 0.2) is 0 Å². The Kier molecular flexibility index (Phi) is 4.58. The van der Waals surface area contributed by atoms with Crippen LogP contribution in [0.2, 0.25) is 15.2 Å². The van der Waals surface area contributed by atoms with Crippen molar-refractivity contribution in [2.75, 3.05) is 0 Å². The molecule has 7 heteroatoms. The zero-order valence-electron chi connectivity index (χ0n) is 10.0. The molecule has 0 atom stereocenters. The molecular weight excluding hydrogens is 311 g/mol. The van der Waals surface area contributed by atoms with Gasteiger partial charge in [-0.05, 0) is 12.1 Å². The van der Waals surface area contributed by atoms with Gasteiger partial charge >= 0.3 is 0 Å². The Balaban J connectivity index is 2.22. The van der Waals surface area contributed by atoms with Crippen LogP contribution in [-0.2, 0) is 20.3 Å². The van der Waals surface area contributed by atoms with Gasteiger partial charge in [0.1, 0.15) is 23.3 Å². The van der Waals surface area contributed by atoms with Crippen LogP contribution in [0, 0.1) is 0 Å². The molecular formula is C12H11Cl3N2O2. The van der Waals surface area contributed by atoms with Crippen molar-refractivity contribution in [1.82, 2.24) is 9.55 Å². The summed E-state index contributed by atoms with van der Waals surface area (Å²) in [5.74, 6) is 1.05. The number of aromatic nitrogens is 2. The highest BCUT2D eigenvalue weighted by Gasteiger charge is 2.12. The summed E-state index contributed by atoms with van der Waals surface area (Å²) in [6.07, 6.45) is 1.54. The van der Waals surface area contributed by atoms with E-state index in [0.29, 0.717) is 32.3 Å². The van der Waals surface area contributed by atoms with Gasteiger partial charge in [0.2, 0.25) is 0 Å². The van der Waals surface area contributed by atoms with E-state index in [0.717, 1.165) is 0 Å². The van der Waals surface area contributed by atoms with Gasteiger partial charge < -0.3 is 14.4 Å². The van der Waals surface area contributed by atoms with Crippen LogP contribution in [0.5, 0.6) is 5.75 Å². The average molecular weight is 322 g/mol. The molecule has 0 radical (unpaired) electrons. The maximum absolute atomic E-state index is 9.28. The molecule has 0 spiro atoms. The second-order valence-electron chi connectivity index (χ2n) is 3.88. The first-order valence-corrected chi connectivity index (χ1v) is 6.54. The molecule has 0 fully saturated rings. The van der Waals surface area contributed by atoms with Crippen molar-refractivity contribution in [1.29, 1.82) is 0 Å². The third-order valence-corrected chi connectivity index (χ3v) is 3.48. The van der Waals surface area contributed by atoms with E-state index in [1.807, 2.05) is 0 Å². The van der Waals surface area contributed by atoms with Gasteiger partial charge in [0, 0.05) is 17.6 Å². The predicted octanol–water partition coefficient (Wildman–Crippen LogP) is 3.45. The number of imidazole rings is 1. The van der Waals surface area contributed by atoms with Crippen molar-refractivity contribution >= 4 is 34.8 Å². The van der Waals surface area contributed by atoms with Gasteiger partial charge in [0.25, 0.3) is 0 Å². The minimum atomic E-state index is -0.211. The summed E-state index contributed by atoms with van der Waals surface area (Å²) in [4.78, 5) is 4.11. The zero-order chi connectivity index (χ0) is 14.0. The first kappa shape index (κ1) is 14.5. The van der Waals surface area contributed by atoms with E-state index in [1.54, 1.807) is 23.7 Å². The van der Waals surface area contributed by atoms with Crippen molar-refractivity contribution in [2.24, 2.45) is 7.05 Å². The van der Waals surface area contributed by atoms with E-state index in [1.165, 1.54) is 6.20 Å². The predicted molar refractivity (Wildman–Crippen MR) is 74.9 cm³/mol. The fourth-order valence-corrected chi connectivity index (χ4v) is 2.32. The lowest BCUT2D eigenvalue weighted by atomic mass is 10.2. The Morgan fingerprint density at radius 1 is 1.32 bits per heavy atom. The van der Waals surface area contributed by atoms with E-state index >= 15 is 0 Å². The Hall–Kier alpha value is -0.940. The molecule has 19 heavy (non-hydrogen) atoms. The molecule has 1 heterocycles. The summed E-state index contributed by atoms with van der Waals surface area (Å²) in [7, 11) is 1.78. The zero-order valence-corrected chi connectivity index (χ0v) is 12.3. The number of hydrogen-bond acceptors (Lipinski definition) is 3. The molecule has 0 aliphatic rings. The highest BCUT2D eigenvalue weighted by Crippen LogP contribution is 2.33. The van der Waals surface area contributed by atoms with Gasteiger partial charge in [-0.15, -0.1) is 0 Å². The van der Waals surface area contributed by atoms with Crippen LogP contribution < -0.4 is 4.74 Å². The molecule has 0 bridgehead atoms. The number of nitrogens with zero attached hydrogens (tertiary/aromatic N) is 2. The third-order valence-electron chi connectivity index (χ3n) is 2.63. The van der Waals surface area contributed by atoms with Gasteiger partial charge in [-0.3, -0.25) is 0 Å². The number of benzene rings is 1. The number of rotatable bonds is 4. The van der Waals surface area contributed by atoms with Crippen LogP contribution >= 0.6 is 34.8 Å². The van der Waals surface area contributed by atoms with Crippen LogP contribution in [0.1, 0.15) is 11.4 Å². The standard InChI is InChI=1S/C12H11Cl3N2O2/c1-17-10(15)4-16-11(17)6-19-12-7(5-18)2-8(13)3-9(12)14/h2-4,18H,5-6H2,1H3. The van der Waals surface area contributed by atoms with E-state index in [2.05, 4.69) is 4.98 Å². The summed E-state index contributed by atoms with van der Waals surface area (Å²) >= 11 is 17.8. The summed E-state index contributed by atoms with van der Waals surface area (Å²) in [6, 6.07) is 3.16. The molecule has 0 unspecified atom stereocenters. The fourth-order valence-electron chi connectivity index (χ4n) is 1.59. The molecule has 1 aromatic carbocycles. The lowest BCUT2D eigenvalue weighted by Crippen LogP contribution is -2.05. The third kappa shape index (κ3) is 3.15. The number of hydrogen-bond donors (Lipinski definition) is 1. The Morgan fingerprint density at radius 3 is 2.63 bits per heavy atom. The second kappa shape index (κ2) is 6.01. The lowest BCUT2D eigenvalue weighted by Gasteiger charge is -2.12. The van der Waals surface area contributed by atoms with E-state index < -0.39 is 0 Å². The molecule has 0 amide bonds. The Labute approximate surface area is 125 Å².